The van der Waals surface area contributed by atoms with Crippen LogP contribution in [0.15, 0.2) is 48.5 Å². The fraction of sp³-hybridized carbons (Fsp3) is 0.316. The van der Waals surface area contributed by atoms with E-state index in [1.165, 1.54) is 0 Å². The number of ether oxygens (including phenoxy) is 2. The minimum absolute atomic E-state index is 0.382. The Bertz CT molecular complexity index is 801. The second-order valence-electron chi connectivity index (χ2n) is 5.44. The number of fused-ring (bicyclic) bond motifs is 1. The van der Waals surface area contributed by atoms with Crippen molar-refractivity contribution in [3.63, 3.8) is 0 Å². The predicted molar refractivity (Wildman–Crippen MR) is 96.6 cm³/mol. The summed E-state index contributed by atoms with van der Waals surface area (Å²) < 4.78 is 13.5. The molecule has 0 fully saturated rings. The van der Waals surface area contributed by atoms with E-state index in [9.17, 15) is 0 Å². The van der Waals surface area contributed by atoms with Crippen LogP contribution in [0.2, 0.25) is 5.02 Å². The molecule has 5 heteroatoms. The summed E-state index contributed by atoms with van der Waals surface area (Å²) in [5, 5.41) is 0.608. The molecule has 4 nitrogen and oxygen atoms in total. The van der Waals surface area contributed by atoms with Crippen LogP contribution in [0.1, 0.15) is 19.2 Å². The normalized spacial score (nSPS) is 11.1. The third kappa shape index (κ3) is 3.89. The number of halogens is 1. The Morgan fingerprint density at radius 2 is 1.88 bits per heavy atom. The zero-order valence-corrected chi connectivity index (χ0v) is 14.5. The first-order valence-corrected chi connectivity index (χ1v) is 8.56. The number of imidazole rings is 1. The van der Waals surface area contributed by atoms with E-state index in [0.717, 1.165) is 43.0 Å². The molecule has 126 valence electrons. The third-order valence-electron chi connectivity index (χ3n) is 3.80. The third-order valence-corrected chi connectivity index (χ3v) is 4.11. The number of hydrogen-bond donors (Lipinski definition) is 0. The Morgan fingerprint density at radius 3 is 2.71 bits per heavy atom. The highest BCUT2D eigenvalue weighted by atomic mass is 35.5. The molecule has 0 bridgehead atoms. The van der Waals surface area contributed by atoms with Crippen molar-refractivity contribution < 1.29 is 9.47 Å². The highest BCUT2D eigenvalue weighted by Gasteiger charge is 2.11. The predicted octanol–water partition coefficient (Wildman–Crippen LogP) is 4.70. The molecule has 24 heavy (non-hydrogen) atoms. The maximum Gasteiger partial charge on any atom is 0.148 e. The summed E-state index contributed by atoms with van der Waals surface area (Å²) in [4.78, 5) is 4.71. The van der Waals surface area contributed by atoms with E-state index in [1.807, 2.05) is 49.4 Å². The molecule has 0 spiro atoms. The van der Waals surface area contributed by atoms with Gasteiger partial charge in [0, 0.05) is 19.8 Å². The van der Waals surface area contributed by atoms with Crippen molar-refractivity contribution in [2.75, 3.05) is 13.2 Å². The molecule has 0 aliphatic carbocycles. The Morgan fingerprint density at radius 1 is 1.08 bits per heavy atom. The van der Waals surface area contributed by atoms with Crippen molar-refractivity contribution in [2.45, 2.75) is 26.5 Å². The Kier molecular flexibility index (Phi) is 5.72. The van der Waals surface area contributed by atoms with Crippen LogP contribution in [0, 0.1) is 0 Å². The fourth-order valence-electron chi connectivity index (χ4n) is 2.66. The van der Waals surface area contributed by atoms with E-state index in [4.69, 9.17) is 26.1 Å². The fourth-order valence-corrected chi connectivity index (χ4v) is 2.85. The summed E-state index contributed by atoms with van der Waals surface area (Å²) >= 11 is 6.16. The SMILES string of the molecule is CCOCCCn1c(COc2ccccc2Cl)nc2ccccc21. The summed E-state index contributed by atoms with van der Waals surface area (Å²) in [7, 11) is 0. The molecule has 0 aliphatic rings. The first-order chi connectivity index (χ1) is 11.8. The van der Waals surface area contributed by atoms with Gasteiger partial charge in [0.15, 0.2) is 0 Å². The average Bonchev–Trinajstić information content (AvgIpc) is 2.96. The molecule has 0 saturated heterocycles. The van der Waals surface area contributed by atoms with E-state index < -0.39 is 0 Å². The minimum Gasteiger partial charge on any atom is -0.484 e. The molecule has 0 amide bonds. The van der Waals surface area contributed by atoms with Crippen LogP contribution in [0.4, 0.5) is 0 Å². The van der Waals surface area contributed by atoms with Gasteiger partial charge < -0.3 is 14.0 Å². The van der Waals surface area contributed by atoms with Crippen LogP contribution in [0.3, 0.4) is 0 Å². The number of para-hydroxylation sites is 3. The van der Waals surface area contributed by atoms with E-state index in [1.54, 1.807) is 0 Å². The molecule has 3 rings (SSSR count). The Balaban J connectivity index is 1.79. The monoisotopic (exact) mass is 344 g/mol. The molecule has 0 unspecified atom stereocenters. The molecule has 0 radical (unpaired) electrons. The largest absolute Gasteiger partial charge is 0.484 e. The topological polar surface area (TPSA) is 36.3 Å². The highest BCUT2D eigenvalue weighted by molar-refractivity contribution is 6.32. The molecule has 2 aromatic carbocycles. The van der Waals surface area contributed by atoms with Gasteiger partial charge in [-0.2, -0.15) is 0 Å². The van der Waals surface area contributed by atoms with Crippen molar-refractivity contribution in [1.29, 1.82) is 0 Å². The quantitative estimate of drug-likeness (QED) is 0.556. The number of rotatable bonds is 8. The van der Waals surface area contributed by atoms with Gasteiger partial charge in [-0.25, -0.2) is 4.98 Å². The minimum atomic E-state index is 0.382. The van der Waals surface area contributed by atoms with Gasteiger partial charge in [-0.3, -0.25) is 0 Å². The van der Waals surface area contributed by atoms with Crippen molar-refractivity contribution in [3.8, 4) is 5.75 Å². The first-order valence-electron chi connectivity index (χ1n) is 8.19. The number of aryl methyl sites for hydroxylation is 1. The molecular weight excluding hydrogens is 324 g/mol. The van der Waals surface area contributed by atoms with E-state index in [0.29, 0.717) is 17.4 Å². The van der Waals surface area contributed by atoms with E-state index >= 15 is 0 Å². The summed E-state index contributed by atoms with van der Waals surface area (Å²) in [5.74, 6) is 1.57. The Labute approximate surface area is 147 Å². The van der Waals surface area contributed by atoms with Crippen molar-refractivity contribution >= 4 is 22.6 Å². The summed E-state index contributed by atoms with van der Waals surface area (Å²) in [6.45, 7) is 4.73. The highest BCUT2D eigenvalue weighted by Crippen LogP contribution is 2.25. The molecule has 0 atom stereocenters. The summed E-state index contributed by atoms with van der Waals surface area (Å²) in [6, 6.07) is 15.6. The lowest BCUT2D eigenvalue weighted by molar-refractivity contribution is 0.141. The molecule has 0 saturated carbocycles. The average molecular weight is 345 g/mol. The molecular formula is C19H21ClN2O2. The number of benzene rings is 2. The number of hydrogen-bond acceptors (Lipinski definition) is 3. The lowest BCUT2D eigenvalue weighted by Gasteiger charge is -2.11. The van der Waals surface area contributed by atoms with Crippen molar-refractivity contribution in [2.24, 2.45) is 0 Å². The van der Waals surface area contributed by atoms with Gasteiger partial charge in [0.25, 0.3) is 0 Å². The molecule has 1 aromatic heterocycles. The first kappa shape index (κ1) is 16.8. The smallest absolute Gasteiger partial charge is 0.148 e. The molecule has 0 aliphatic heterocycles. The Hall–Kier alpha value is -2.04. The van der Waals surface area contributed by atoms with Gasteiger partial charge in [0.1, 0.15) is 18.2 Å². The standard InChI is InChI=1S/C19H21ClN2O2/c1-2-23-13-7-12-22-17-10-5-4-9-16(17)21-19(22)14-24-18-11-6-3-8-15(18)20/h3-6,8-11H,2,7,12-14H2,1H3. The van der Waals surface area contributed by atoms with Crippen LogP contribution in [0.5, 0.6) is 5.75 Å². The van der Waals surface area contributed by atoms with E-state index in [2.05, 4.69) is 10.6 Å². The van der Waals surface area contributed by atoms with Crippen LogP contribution in [-0.2, 0) is 17.9 Å². The van der Waals surface area contributed by atoms with Gasteiger partial charge in [-0.1, -0.05) is 35.9 Å². The van der Waals surface area contributed by atoms with Crippen molar-refractivity contribution in [1.82, 2.24) is 9.55 Å². The number of aromatic nitrogens is 2. The lowest BCUT2D eigenvalue weighted by atomic mass is 10.3. The van der Waals surface area contributed by atoms with Crippen LogP contribution < -0.4 is 4.74 Å². The lowest BCUT2D eigenvalue weighted by Crippen LogP contribution is -2.09. The van der Waals surface area contributed by atoms with Crippen molar-refractivity contribution in [3.05, 3.63) is 59.4 Å². The summed E-state index contributed by atoms with van der Waals surface area (Å²) in [5.41, 5.74) is 2.10. The molecule has 1 heterocycles. The van der Waals surface area contributed by atoms with Crippen LogP contribution >= 0.6 is 11.6 Å². The van der Waals surface area contributed by atoms with Crippen LogP contribution in [0.25, 0.3) is 11.0 Å². The molecule has 3 aromatic rings. The van der Waals surface area contributed by atoms with Gasteiger partial charge in [0.05, 0.1) is 16.1 Å². The maximum absolute atomic E-state index is 6.16. The van der Waals surface area contributed by atoms with Gasteiger partial charge >= 0.3 is 0 Å². The van der Waals surface area contributed by atoms with Gasteiger partial charge in [-0.05, 0) is 37.6 Å². The van der Waals surface area contributed by atoms with Crippen LogP contribution in [-0.4, -0.2) is 22.8 Å². The maximum atomic E-state index is 6.16. The van der Waals surface area contributed by atoms with E-state index in [-0.39, 0.29) is 0 Å². The van der Waals surface area contributed by atoms with Gasteiger partial charge in [-0.15, -0.1) is 0 Å². The second-order valence-corrected chi connectivity index (χ2v) is 5.85. The summed E-state index contributed by atoms with van der Waals surface area (Å²) in [6.07, 6.45) is 0.938. The zero-order chi connectivity index (χ0) is 16.8. The zero-order valence-electron chi connectivity index (χ0n) is 13.7. The second kappa shape index (κ2) is 8.18. The van der Waals surface area contributed by atoms with Gasteiger partial charge in [0.2, 0.25) is 0 Å². The number of nitrogens with zero attached hydrogens (tertiary/aromatic N) is 2. The molecule has 0 N–H and O–H groups in total.